The molecule has 17 heavy (non-hydrogen) atoms. The van der Waals surface area contributed by atoms with E-state index < -0.39 is 0 Å². The van der Waals surface area contributed by atoms with Gasteiger partial charge in [0.25, 0.3) is 0 Å². The zero-order valence-corrected chi connectivity index (χ0v) is 9.89. The molecule has 2 aliphatic rings. The Bertz CT molecular complexity index is 550. The predicted molar refractivity (Wildman–Crippen MR) is 68.1 cm³/mol. The molecule has 0 amide bonds. The number of benzene rings is 1. The average Bonchev–Trinajstić information content (AvgIpc) is 3.05. The number of nitrogens with one attached hydrogen (secondary N) is 1. The Labute approximate surface area is 101 Å². The Kier molecular flexibility index (Phi) is 2.03. The molecule has 1 saturated heterocycles. The summed E-state index contributed by atoms with van der Waals surface area (Å²) in [4.78, 5) is 4.83. The van der Waals surface area contributed by atoms with E-state index in [0.29, 0.717) is 0 Å². The molecule has 2 fully saturated rings. The maximum Gasteiger partial charge on any atom is 0.110 e. The molecule has 88 valence electrons. The highest BCUT2D eigenvalue weighted by molar-refractivity contribution is 5.76. The van der Waals surface area contributed by atoms with Gasteiger partial charge in [0.15, 0.2) is 0 Å². The van der Waals surface area contributed by atoms with E-state index in [4.69, 9.17) is 4.98 Å². The number of para-hydroxylation sites is 2. The van der Waals surface area contributed by atoms with Crippen molar-refractivity contribution in [1.29, 1.82) is 0 Å². The molecule has 0 bridgehead atoms. The minimum atomic E-state index is 0.727. The van der Waals surface area contributed by atoms with Crippen molar-refractivity contribution < 1.29 is 0 Å². The fourth-order valence-electron chi connectivity index (χ4n) is 2.73. The molecule has 1 aromatic carbocycles. The molecule has 0 spiro atoms. The molecule has 2 aromatic rings. The second-order valence-electron chi connectivity index (χ2n) is 5.35. The first-order valence-electron chi connectivity index (χ1n) is 6.58. The van der Waals surface area contributed by atoms with Gasteiger partial charge in [-0.3, -0.25) is 0 Å². The number of aromatic nitrogens is 2. The van der Waals surface area contributed by atoms with E-state index in [1.165, 1.54) is 29.7 Å². The third kappa shape index (κ3) is 1.57. The van der Waals surface area contributed by atoms with Crippen LogP contribution in [0, 0.1) is 5.92 Å². The van der Waals surface area contributed by atoms with Crippen molar-refractivity contribution in [3.8, 4) is 0 Å². The van der Waals surface area contributed by atoms with Crippen LogP contribution in [0.1, 0.15) is 24.7 Å². The minimum absolute atomic E-state index is 0.727. The maximum atomic E-state index is 4.83. The first-order valence-corrected chi connectivity index (χ1v) is 6.58. The summed E-state index contributed by atoms with van der Waals surface area (Å²) in [5.74, 6) is 2.10. The van der Waals surface area contributed by atoms with Crippen molar-refractivity contribution in [1.82, 2.24) is 14.9 Å². The molecule has 4 rings (SSSR count). The molecule has 1 aliphatic heterocycles. The molecule has 1 aliphatic carbocycles. The molecular formula is C14H17N3. The van der Waals surface area contributed by atoms with Gasteiger partial charge in [0.05, 0.1) is 11.0 Å². The number of hydrogen-bond acceptors (Lipinski definition) is 2. The van der Waals surface area contributed by atoms with E-state index in [0.717, 1.165) is 31.5 Å². The Morgan fingerprint density at radius 2 is 2.06 bits per heavy atom. The number of fused-ring (bicyclic) bond motifs is 1. The first-order chi connectivity index (χ1) is 8.42. The lowest BCUT2D eigenvalue weighted by atomic mass is 9.99. The smallest absolute Gasteiger partial charge is 0.110 e. The fourth-order valence-corrected chi connectivity index (χ4v) is 2.73. The van der Waals surface area contributed by atoms with E-state index in [1.807, 2.05) is 0 Å². The molecule has 1 saturated carbocycles. The quantitative estimate of drug-likeness (QED) is 0.870. The summed E-state index contributed by atoms with van der Waals surface area (Å²) < 4.78 is 2.49. The van der Waals surface area contributed by atoms with E-state index in [2.05, 4.69) is 34.1 Å². The van der Waals surface area contributed by atoms with Crippen molar-refractivity contribution in [2.24, 2.45) is 5.92 Å². The summed E-state index contributed by atoms with van der Waals surface area (Å²) >= 11 is 0. The molecule has 0 radical (unpaired) electrons. The average molecular weight is 227 g/mol. The van der Waals surface area contributed by atoms with Gasteiger partial charge < -0.3 is 9.88 Å². The van der Waals surface area contributed by atoms with Crippen LogP contribution in [0.25, 0.3) is 11.0 Å². The van der Waals surface area contributed by atoms with E-state index in [9.17, 15) is 0 Å². The van der Waals surface area contributed by atoms with Crippen LogP contribution in [0.2, 0.25) is 0 Å². The fraction of sp³-hybridized carbons (Fsp3) is 0.500. The molecule has 1 N–H and O–H groups in total. The largest absolute Gasteiger partial charge is 0.325 e. The second kappa shape index (κ2) is 3.57. The lowest BCUT2D eigenvalue weighted by Gasteiger charge is -2.26. The Morgan fingerprint density at radius 3 is 2.76 bits per heavy atom. The van der Waals surface area contributed by atoms with Crippen molar-refractivity contribution in [2.75, 3.05) is 13.1 Å². The third-order valence-corrected chi connectivity index (χ3v) is 3.92. The SMILES string of the molecule is c1ccc2c(c1)nc(CC1CNC1)n2C1CC1. The molecule has 2 heterocycles. The summed E-state index contributed by atoms with van der Waals surface area (Å²) in [6.07, 6.45) is 3.80. The zero-order chi connectivity index (χ0) is 11.2. The molecule has 3 heteroatoms. The summed E-state index contributed by atoms with van der Waals surface area (Å²) in [6, 6.07) is 9.28. The number of imidazole rings is 1. The highest BCUT2D eigenvalue weighted by Crippen LogP contribution is 2.39. The number of hydrogen-bond donors (Lipinski definition) is 1. The lowest BCUT2D eigenvalue weighted by molar-refractivity contribution is 0.337. The van der Waals surface area contributed by atoms with Crippen LogP contribution < -0.4 is 5.32 Å². The van der Waals surface area contributed by atoms with Crippen LogP contribution in [0.4, 0.5) is 0 Å². The van der Waals surface area contributed by atoms with Gasteiger partial charge in [-0.25, -0.2) is 4.98 Å². The van der Waals surface area contributed by atoms with E-state index >= 15 is 0 Å². The molecule has 1 aromatic heterocycles. The zero-order valence-electron chi connectivity index (χ0n) is 9.89. The highest BCUT2D eigenvalue weighted by Gasteiger charge is 2.29. The molecule has 3 nitrogen and oxygen atoms in total. The van der Waals surface area contributed by atoms with Crippen molar-refractivity contribution in [2.45, 2.75) is 25.3 Å². The van der Waals surface area contributed by atoms with Gasteiger partial charge in [-0.2, -0.15) is 0 Å². The van der Waals surface area contributed by atoms with Crippen LogP contribution in [-0.4, -0.2) is 22.6 Å². The Balaban J connectivity index is 1.80. The Morgan fingerprint density at radius 1 is 1.24 bits per heavy atom. The van der Waals surface area contributed by atoms with Gasteiger partial charge in [0.1, 0.15) is 5.82 Å². The maximum absolute atomic E-state index is 4.83. The first kappa shape index (κ1) is 9.66. The molecule has 0 unspecified atom stereocenters. The monoisotopic (exact) mass is 227 g/mol. The normalized spacial score (nSPS) is 20.7. The van der Waals surface area contributed by atoms with Crippen LogP contribution in [-0.2, 0) is 6.42 Å². The standard InChI is InChI=1S/C14H17N3/c1-2-4-13-12(3-1)16-14(7-10-8-15-9-10)17(13)11-5-6-11/h1-4,10-11,15H,5-9H2. The van der Waals surface area contributed by atoms with Crippen LogP contribution in [0.15, 0.2) is 24.3 Å². The topological polar surface area (TPSA) is 29.9 Å². The third-order valence-electron chi connectivity index (χ3n) is 3.92. The minimum Gasteiger partial charge on any atom is -0.325 e. The van der Waals surface area contributed by atoms with Crippen LogP contribution in [0.5, 0.6) is 0 Å². The summed E-state index contributed by atoms with van der Waals surface area (Å²) in [5.41, 5.74) is 2.50. The number of nitrogens with zero attached hydrogens (tertiary/aromatic N) is 2. The summed E-state index contributed by atoms with van der Waals surface area (Å²) in [5, 5.41) is 3.34. The molecular weight excluding hydrogens is 210 g/mol. The van der Waals surface area contributed by atoms with E-state index in [-0.39, 0.29) is 0 Å². The highest BCUT2D eigenvalue weighted by atomic mass is 15.1. The van der Waals surface area contributed by atoms with Gasteiger partial charge in [-0.05, 0) is 44.0 Å². The lowest BCUT2D eigenvalue weighted by Crippen LogP contribution is -2.43. The van der Waals surface area contributed by atoms with Gasteiger partial charge in [-0.1, -0.05) is 12.1 Å². The van der Waals surface area contributed by atoms with Crippen LogP contribution in [0.3, 0.4) is 0 Å². The number of rotatable bonds is 3. The van der Waals surface area contributed by atoms with Gasteiger partial charge in [0.2, 0.25) is 0 Å². The summed E-state index contributed by atoms with van der Waals surface area (Å²) in [6.45, 7) is 2.32. The second-order valence-corrected chi connectivity index (χ2v) is 5.35. The van der Waals surface area contributed by atoms with Gasteiger partial charge in [0, 0.05) is 12.5 Å². The van der Waals surface area contributed by atoms with E-state index in [1.54, 1.807) is 0 Å². The van der Waals surface area contributed by atoms with Gasteiger partial charge >= 0.3 is 0 Å². The Hall–Kier alpha value is -1.35. The predicted octanol–water partition coefficient (Wildman–Crippen LogP) is 2.13. The van der Waals surface area contributed by atoms with Crippen LogP contribution >= 0.6 is 0 Å². The van der Waals surface area contributed by atoms with Crippen molar-refractivity contribution in [3.63, 3.8) is 0 Å². The summed E-state index contributed by atoms with van der Waals surface area (Å²) in [7, 11) is 0. The van der Waals surface area contributed by atoms with Gasteiger partial charge in [-0.15, -0.1) is 0 Å². The van der Waals surface area contributed by atoms with Crippen molar-refractivity contribution in [3.05, 3.63) is 30.1 Å². The molecule has 0 atom stereocenters. The van der Waals surface area contributed by atoms with Crippen molar-refractivity contribution >= 4 is 11.0 Å².